The third kappa shape index (κ3) is 3.99. The van der Waals surface area contributed by atoms with Crippen LogP contribution in [0, 0.1) is 0 Å². The molecule has 1 unspecified atom stereocenters. The number of alkyl halides is 3. The minimum absolute atomic E-state index is 0.0112. The van der Waals surface area contributed by atoms with Crippen LogP contribution in [0.25, 0.3) is 0 Å². The van der Waals surface area contributed by atoms with Crippen LogP contribution in [0.2, 0.25) is 0 Å². The number of aliphatic carboxylic acids is 1. The van der Waals surface area contributed by atoms with Gasteiger partial charge in [0.15, 0.2) is 0 Å². The molecule has 5 nitrogen and oxygen atoms in total. The first-order valence-electron chi connectivity index (χ1n) is 6.32. The van der Waals surface area contributed by atoms with Gasteiger partial charge in [0, 0.05) is 12.0 Å². The zero-order valence-corrected chi connectivity index (χ0v) is 13.2. The first-order chi connectivity index (χ1) is 10.7. The van der Waals surface area contributed by atoms with Crippen molar-refractivity contribution in [1.29, 1.82) is 0 Å². The van der Waals surface area contributed by atoms with Gasteiger partial charge < -0.3 is 5.11 Å². The average molecular weight is 364 g/mol. The number of hydrazone groups is 1. The van der Waals surface area contributed by atoms with Crippen LogP contribution >= 0.6 is 24.4 Å². The van der Waals surface area contributed by atoms with Gasteiger partial charge >= 0.3 is 12.1 Å². The van der Waals surface area contributed by atoms with E-state index in [0.717, 1.165) is 28.9 Å². The van der Waals surface area contributed by atoms with Gasteiger partial charge in [0.05, 0.1) is 5.56 Å². The number of amides is 1. The maximum absolute atomic E-state index is 12.5. The molecule has 124 valence electrons. The normalized spacial score (nSPS) is 18.0. The number of halogens is 3. The minimum Gasteiger partial charge on any atom is -0.479 e. The summed E-state index contributed by atoms with van der Waals surface area (Å²) in [7, 11) is 0. The fourth-order valence-electron chi connectivity index (χ4n) is 1.81. The van der Waals surface area contributed by atoms with Gasteiger partial charge in [-0.3, -0.25) is 4.79 Å². The third-order valence-corrected chi connectivity index (χ3v) is 4.28. The quantitative estimate of drug-likeness (QED) is 0.806. The molecule has 1 aliphatic heterocycles. The number of carboxylic acids is 1. The predicted molar refractivity (Wildman–Crippen MR) is 82.3 cm³/mol. The second kappa shape index (κ2) is 6.83. The van der Waals surface area contributed by atoms with Crippen molar-refractivity contribution < 1.29 is 27.9 Å². The summed E-state index contributed by atoms with van der Waals surface area (Å²) in [5.41, 5.74) is -0.502. The molecule has 1 aromatic rings. The van der Waals surface area contributed by atoms with Gasteiger partial charge in [0.2, 0.25) is 11.3 Å². The summed E-state index contributed by atoms with van der Waals surface area (Å²) in [6.45, 7) is 0. The summed E-state index contributed by atoms with van der Waals surface area (Å²) >= 11 is 4.70. The molecule has 1 aliphatic rings. The predicted octanol–water partition coefficient (Wildman–Crippen LogP) is 2.67. The molecule has 0 saturated heterocycles. The largest absolute Gasteiger partial charge is 0.479 e. The number of thiol groups is 1. The molecular formula is C13H11F3N2O3S2. The maximum Gasteiger partial charge on any atom is 0.416 e. The zero-order valence-electron chi connectivity index (χ0n) is 11.4. The molecule has 0 saturated carbocycles. The van der Waals surface area contributed by atoms with Gasteiger partial charge in [0.25, 0.3) is 0 Å². The van der Waals surface area contributed by atoms with Gasteiger partial charge in [-0.25, -0.2) is 9.80 Å². The summed E-state index contributed by atoms with van der Waals surface area (Å²) < 4.78 is 37.6. The van der Waals surface area contributed by atoms with Crippen molar-refractivity contribution in [1.82, 2.24) is 5.01 Å². The third-order valence-electron chi connectivity index (χ3n) is 2.90. The number of benzene rings is 1. The van der Waals surface area contributed by atoms with Gasteiger partial charge in [-0.2, -0.15) is 30.9 Å². The highest BCUT2D eigenvalue weighted by molar-refractivity contribution is 8.15. The van der Waals surface area contributed by atoms with E-state index in [1.807, 2.05) is 0 Å². The Bertz CT molecular complexity index is 647. The van der Waals surface area contributed by atoms with Crippen LogP contribution in [0.5, 0.6) is 0 Å². The number of thioether (sulfide) groups is 1. The Balaban J connectivity index is 2.27. The van der Waals surface area contributed by atoms with E-state index in [1.54, 1.807) is 0 Å². The molecule has 1 atom stereocenters. The standard InChI is InChI=1S/C13H11F3N2O3S2/c14-13(15,16)8-3-1-7(2-4-8)10-17-18(9(19)5-6-22)11(23-10)12(20)21/h1-4,11,22H,5-6H2,(H,20,21). The second-order valence-corrected chi connectivity index (χ2v) is 6.02. The van der Waals surface area contributed by atoms with Crippen molar-refractivity contribution in [3.8, 4) is 0 Å². The monoisotopic (exact) mass is 364 g/mol. The summed E-state index contributed by atoms with van der Waals surface area (Å²) in [5, 5.41) is 12.9. The number of hydrogen-bond acceptors (Lipinski definition) is 5. The van der Waals surface area contributed by atoms with E-state index in [-0.39, 0.29) is 17.2 Å². The van der Waals surface area contributed by atoms with E-state index >= 15 is 0 Å². The second-order valence-electron chi connectivity index (χ2n) is 4.50. The molecule has 1 aromatic carbocycles. The average Bonchev–Trinajstić information content (AvgIpc) is 2.92. The van der Waals surface area contributed by atoms with Crippen LogP contribution in [-0.4, -0.2) is 38.2 Å². The molecular weight excluding hydrogens is 353 g/mol. The van der Waals surface area contributed by atoms with E-state index in [4.69, 9.17) is 5.11 Å². The molecule has 2 rings (SSSR count). The molecule has 1 N–H and O–H groups in total. The molecule has 1 amide bonds. The lowest BCUT2D eigenvalue weighted by Crippen LogP contribution is -2.36. The Morgan fingerprint density at radius 2 is 1.91 bits per heavy atom. The van der Waals surface area contributed by atoms with Crippen molar-refractivity contribution in [2.75, 3.05) is 5.75 Å². The Morgan fingerprint density at radius 1 is 1.30 bits per heavy atom. The number of carbonyl (C=O) groups is 2. The van der Waals surface area contributed by atoms with E-state index in [0.29, 0.717) is 5.56 Å². The van der Waals surface area contributed by atoms with Crippen LogP contribution in [0.15, 0.2) is 29.4 Å². The van der Waals surface area contributed by atoms with Crippen LogP contribution in [0.3, 0.4) is 0 Å². The van der Waals surface area contributed by atoms with Crippen molar-refractivity contribution in [2.24, 2.45) is 5.10 Å². The maximum atomic E-state index is 12.5. The Kier molecular flexibility index (Phi) is 5.25. The first kappa shape index (κ1) is 17.7. The molecule has 0 fully saturated rings. The zero-order chi connectivity index (χ0) is 17.2. The fraction of sp³-hybridized carbons (Fsp3) is 0.308. The summed E-state index contributed by atoms with van der Waals surface area (Å²) in [5.74, 6) is -1.53. The number of rotatable bonds is 4. The van der Waals surface area contributed by atoms with Gasteiger partial charge in [-0.15, -0.1) is 0 Å². The highest BCUT2D eigenvalue weighted by Crippen LogP contribution is 2.33. The first-order valence-corrected chi connectivity index (χ1v) is 7.84. The Hall–Kier alpha value is -1.68. The van der Waals surface area contributed by atoms with Crippen LogP contribution < -0.4 is 0 Å². The van der Waals surface area contributed by atoms with E-state index in [2.05, 4.69) is 17.7 Å². The van der Waals surface area contributed by atoms with Crippen molar-refractivity contribution in [3.05, 3.63) is 35.4 Å². The van der Waals surface area contributed by atoms with Gasteiger partial charge in [-0.1, -0.05) is 23.9 Å². The summed E-state index contributed by atoms with van der Waals surface area (Å²) in [4.78, 5) is 23.1. The molecule has 0 radical (unpaired) electrons. The lowest BCUT2D eigenvalue weighted by atomic mass is 10.1. The Labute approximate surface area is 138 Å². The lowest BCUT2D eigenvalue weighted by Gasteiger charge is -2.16. The smallest absolute Gasteiger partial charge is 0.416 e. The van der Waals surface area contributed by atoms with E-state index in [9.17, 15) is 22.8 Å². The highest BCUT2D eigenvalue weighted by atomic mass is 32.2. The molecule has 23 heavy (non-hydrogen) atoms. The molecule has 0 aromatic heterocycles. The van der Waals surface area contributed by atoms with Gasteiger partial charge in [0.1, 0.15) is 5.04 Å². The molecule has 0 bridgehead atoms. The molecule has 0 aliphatic carbocycles. The fourth-order valence-corrected chi connectivity index (χ4v) is 2.98. The summed E-state index contributed by atoms with van der Waals surface area (Å²) in [6, 6.07) is 4.15. The lowest BCUT2D eigenvalue weighted by molar-refractivity contribution is -0.145. The SMILES string of the molecule is O=C(O)C1SC(c2ccc(C(F)(F)F)cc2)=NN1C(=O)CCS. The van der Waals surface area contributed by atoms with Gasteiger partial charge in [-0.05, 0) is 17.9 Å². The van der Waals surface area contributed by atoms with Crippen molar-refractivity contribution in [2.45, 2.75) is 18.0 Å². The van der Waals surface area contributed by atoms with E-state index in [1.165, 1.54) is 12.1 Å². The summed E-state index contributed by atoms with van der Waals surface area (Å²) in [6.07, 6.45) is -4.45. The van der Waals surface area contributed by atoms with E-state index < -0.39 is 29.0 Å². The van der Waals surface area contributed by atoms with Crippen molar-refractivity contribution >= 4 is 41.3 Å². The molecule has 10 heteroatoms. The molecule has 1 heterocycles. The topological polar surface area (TPSA) is 70.0 Å². The highest BCUT2D eigenvalue weighted by Gasteiger charge is 2.38. The van der Waals surface area contributed by atoms with Crippen LogP contribution in [0.1, 0.15) is 17.5 Å². The minimum atomic E-state index is -4.46. The van der Waals surface area contributed by atoms with Crippen molar-refractivity contribution in [3.63, 3.8) is 0 Å². The number of hydrogen-bond donors (Lipinski definition) is 2. The van der Waals surface area contributed by atoms with Crippen LogP contribution in [0.4, 0.5) is 13.2 Å². The number of carboxylic acid groups (broad SMARTS) is 1. The Morgan fingerprint density at radius 3 is 2.39 bits per heavy atom. The number of nitrogens with zero attached hydrogens (tertiary/aromatic N) is 2. The number of carbonyl (C=O) groups excluding carboxylic acids is 1. The molecule has 0 spiro atoms. The van der Waals surface area contributed by atoms with Crippen LogP contribution in [-0.2, 0) is 15.8 Å².